The fourth-order valence-corrected chi connectivity index (χ4v) is 9.39. The van der Waals surface area contributed by atoms with Crippen molar-refractivity contribution in [3.63, 3.8) is 0 Å². The first-order valence-corrected chi connectivity index (χ1v) is 20.5. The molecule has 0 bridgehead atoms. The summed E-state index contributed by atoms with van der Waals surface area (Å²) in [5.41, 5.74) is 3.71. The number of oxime groups is 1. The highest BCUT2D eigenvalue weighted by atomic mass is 16.7. The van der Waals surface area contributed by atoms with Gasteiger partial charge >= 0.3 is 0 Å². The molecule has 1 saturated carbocycles. The minimum atomic E-state index is -1.36. The molecule has 10 nitrogen and oxygen atoms in total. The lowest BCUT2D eigenvalue weighted by atomic mass is 9.55. The first kappa shape index (κ1) is 40.9. The highest BCUT2D eigenvalue weighted by Crippen LogP contribution is 2.62. The molecule has 4 aromatic carbocycles. The molecule has 6 unspecified atom stereocenters. The van der Waals surface area contributed by atoms with Gasteiger partial charge in [0.1, 0.15) is 36.2 Å². The van der Waals surface area contributed by atoms with Gasteiger partial charge in [0, 0.05) is 49.3 Å². The van der Waals surface area contributed by atoms with Crippen LogP contribution in [0.3, 0.4) is 0 Å². The fourth-order valence-electron chi connectivity index (χ4n) is 9.39. The van der Waals surface area contributed by atoms with Gasteiger partial charge in [-0.2, -0.15) is 0 Å². The van der Waals surface area contributed by atoms with Crippen LogP contribution in [0.25, 0.3) is 10.8 Å². The molecule has 0 spiro atoms. The van der Waals surface area contributed by atoms with Gasteiger partial charge in [-0.05, 0) is 103 Å². The first-order valence-electron chi connectivity index (χ1n) is 20.5. The van der Waals surface area contributed by atoms with Gasteiger partial charge in [0.25, 0.3) is 5.91 Å². The molecule has 10 heteroatoms. The number of carbonyl (C=O) groups is 2. The maximum atomic E-state index is 14.7. The Labute approximate surface area is 340 Å². The highest BCUT2D eigenvalue weighted by Gasteiger charge is 2.65. The van der Waals surface area contributed by atoms with Crippen LogP contribution in [0.5, 0.6) is 17.2 Å². The van der Waals surface area contributed by atoms with Crippen LogP contribution in [-0.4, -0.2) is 78.3 Å². The number of nitrogens with zero attached hydrogens (tertiary/aromatic N) is 2. The normalized spacial score (nSPS) is 23.9. The maximum absolute atomic E-state index is 14.7. The van der Waals surface area contributed by atoms with E-state index in [1.165, 1.54) is 0 Å². The molecule has 2 aliphatic carbocycles. The molecule has 304 valence electrons. The van der Waals surface area contributed by atoms with Crippen molar-refractivity contribution in [3.8, 4) is 17.2 Å². The molecule has 0 radical (unpaired) electrons. The molecule has 1 amide bonds. The number of likely N-dealkylation sites (N-methyl/N-ethyl adjacent to an activating group) is 1. The van der Waals surface area contributed by atoms with E-state index in [1.54, 1.807) is 29.2 Å². The van der Waals surface area contributed by atoms with E-state index in [-0.39, 0.29) is 43.5 Å². The average Bonchev–Trinajstić information content (AvgIpc) is 3.25. The monoisotopic (exact) mass is 786 g/mol. The van der Waals surface area contributed by atoms with Crippen LogP contribution in [0.1, 0.15) is 84.1 Å². The Morgan fingerprint density at radius 3 is 2.48 bits per heavy atom. The number of aldehydes is 1. The van der Waals surface area contributed by atoms with Crippen LogP contribution < -0.4 is 9.47 Å². The van der Waals surface area contributed by atoms with E-state index in [0.717, 1.165) is 59.6 Å². The Morgan fingerprint density at radius 1 is 0.948 bits per heavy atom. The van der Waals surface area contributed by atoms with Crippen molar-refractivity contribution < 1.29 is 38.9 Å². The lowest BCUT2D eigenvalue weighted by Crippen LogP contribution is -2.69. The maximum Gasteiger partial charge on any atom is 0.254 e. The van der Waals surface area contributed by atoms with Gasteiger partial charge in [-0.25, -0.2) is 0 Å². The molecule has 1 fully saturated rings. The molecule has 0 saturated heterocycles. The van der Waals surface area contributed by atoms with E-state index in [0.29, 0.717) is 54.2 Å². The van der Waals surface area contributed by atoms with Crippen molar-refractivity contribution in [2.75, 3.05) is 33.5 Å². The summed E-state index contributed by atoms with van der Waals surface area (Å²) >= 11 is 0. The Hall–Kier alpha value is -5.29. The summed E-state index contributed by atoms with van der Waals surface area (Å²) in [6.07, 6.45) is 9.78. The number of unbranched alkanes of at least 4 members (excludes halogenated alkanes) is 2. The van der Waals surface area contributed by atoms with Crippen molar-refractivity contribution in [2.45, 2.75) is 69.6 Å². The molecule has 3 aliphatic rings. The van der Waals surface area contributed by atoms with Crippen LogP contribution >= 0.6 is 0 Å². The summed E-state index contributed by atoms with van der Waals surface area (Å²) < 4.78 is 20.7. The number of fused-ring (bicyclic) bond motifs is 3. The van der Waals surface area contributed by atoms with Gasteiger partial charge in [-0.1, -0.05) is 72.6 Å². The van der Waals surface area contributed by atoms with Gasteiger partial charge in [0.2, 0.25) is 5.79 Å². The zero-order valence-electron chi connectivity index (χ0n) is 33.4. The number of benzene rings is 4. The van der Waals surface area contributed by atoms with Crippen LogP contribution in [0.15, 0.2) is 114 Å². The second-order valence-corrected chi connectivity index (χ2v) is 15.5. The predicted octanol–water partition coefficient (Wildman–Crippen LogP) is 8.87. The second-order valence-electron chi connectivity index (χ2n) is 15.5. The van der Waals surface area contributed by atoms with Gasteiger partial charge in [0.15, 0.2) is 0 Å². The number of aliphatic hydroxyl groups is 2. The van der Waals surface area contributed by atoms with Gasteiger partial charge in [-0.3, -0.25) is 9.59 Å². The number of carbonyl (C=O) groups excluding carboxylic acids is 2. The van der Waals surface area contributed by atoms with Crippen molar-refractivity contribution in [2.24, 2.45) is 22.9 Å². The number of aliphatic hydroxyl groups excluding tert-OH is 2. The molecule has 4 aromatic rings. The quantitative estimate of drug-likeness (QED) is 0.0444. The molecule has 1 heterocycles. The van der Waals surface area contributed by atoms with Gasteiger partial charge in [0.05, 0.1) is 18.2 Å². The fraction of sp³-hybridized carbons (Fsp3) is 0.396. The SMILES string of the molecule is C=CCOC12Oc3ccc(Oc4cccc(C=O)c4)cc3C3C(CCCCO)C(CCCCO)C=C(C(=NOCC)CC1N(C)C(=O)c1ccc4ccccc4c1)C32. The summed E-state index contributed by atoms with van der Waals surface area (Å²) in [5, 5.41) is 26.5. The summed E-state index contributed by atoms with van der Waals surface area (Å²) in [5.74, 6) is -0.264. The zero-order valence-corrected chi connectivity index (χ0v) is 33.4. The van der Waals surface area contributed by atoms with Crippen molar-refractivity contribution in [1.82, 2.24) is 4.90 Å². The van der Waals surface area contributed by atoms with E-state index < -0.39 is 17.7 Å². The number of rotatable bonds is 18. The third-order valence-electron chi connectivity index (χ3n) is 12.0. The Morgan fingerprint density at radius 2 is 1.72 bits per heavy atom. The van der Waals surface area contributed by atoms with Crippen molar-refractivity contribution in [1.29, 1.82) is 0 Å². The topological polar surface area (TPSA) is 127 Å². The van der Waals surface area contributed by atoms with E-state index in [1.807, 2.05) is 80.7 Å². The number of ether oxygens (including phenoxy) is 3. The largest absolute Gasteiger partial charge is 0.459 e. The van der Waals surface area contributed by atoms with E-state index in [2.05, 4.69) is 12.7 Å². The standard InChI is InChI=1S/C48H54N2O8/c1-4-25-55-48-44(50(3)47(54)36-20-19-33-14-6-7-15-34(33)27-36)30-42(49-56-5-2)40-28-35(16-8-10-23-51)39(18-9-11-24-52)45(46(40)48)41-29-38(21-22-43(41)58-48)57-37-17-12-13-32(26-37)31-53/h4,6-7,12-15,17,19-22,26-29,31,35,39,44-46,51-52H,1,5,8-11,16,18,23-25,30H2,2-3H3. The Kier molecular flexibility index (Phi) is 13.1. The number of amides is 1. The van der Waals surface area contributed by atoms with Crippen LogP contribution in [0.2, 0.25) is 0 Å². The van der Waals surface area contributed by atoms with E-state index >= 15 is 0 Å². The average molecular weight is 787 g/mol. The summed E-state index contributed by atoms with van der Waals surface area (Å²) in [6, 6.07) is 25.9. The Bertz CT molecular complexity index is 2160. The Balaban J connectivity index is 1.42. The minimum Gasteiger partial charge on any atom is -0.459 e. The lowest BCUT2D eigenvalue weighted by molar-refractivity contribution is -0.252. The third-order valence-corrected chi connectivity index (χ3v) is 12.0. The van der Waals surface area contributed by atoms with E-state index in [9.17, 15) is 19.8 Å². The lowest BCUT2D eigenvalue weighted by Gasteiger charge is -2.59. The number of hydrogen-bond donors (Lipinski definition) is 2. The summed E-state index contributed by atoms with van der Waals surface area (Å²) in [6.45, 7) is 6.66. The number of hydrogen-bond acceptors (Lipinski definition) is 9. The summed E-state index contributed by atoms with van der Waals surface area (Å²) in [4.78, 5) is 33.9. The van der Waals surface area contributed by atoms with Gasteiger partial charge in [-0.15, -0.1) is 6.58 Å². The van der Waals surface area contributed by atoms with E-state index in [4.69, 9.17) is 24.2 Å². The van der Waals surface area contributed by atoms with Crippen LogP contribution in [-0.2, 0) is 9.57 Å². The first-order chi connectivity index (χ1) is 28.3. The van der Waals surface area contributed by atoms with Crippen LogP contribution in [0, 0.1) is 17.8 Å². The third kappa shape index (κ3) is 8.19. The molecular weight excluding hydrogens is 733 g/mol. The predicted molar refractivity (Wildman–Crippen MR) is 225 cm³/mol. The van der Waals surface area contributed by atoms with Crippen molar-refractivity contribution >= 4 is 28.7 Å². The zero-order chi connectivity index (χ0) is 40.6. The molecule has 7 rings (SSSR count). The summed E-state index contributed by atoms with van der Waals surface area (Å²) in [7, 11) is 1.81. The highest BCUT2D eigenvalue weighted by molar-refractivity contribution is 6.04. The van der Waals surface area contributed by atoms with Crippen molar-refractivity contribution in [3.05, 3.63) is 126 Å². The smallest absolute Gasteiger partial charge is 0.254 e. The molecule has 2 N–H and O–H groups in total. The molecule has 6 atom stereocenters. The molecule has 1 aliphatic heterocycles. The molecule has 58 heavy (non-hydrogen) atoms. The second kappa shape index (κ2) is 18.5. The molecular formula is C48H54N2O8. The number of allylic oxidation sites excluding steroid dienone is 1. The minimum absolute atomic E-state index is 0.0654. The molecule has 0 aromatic heterocycles. The van der Waals surface area contributed by atoms with Crippen LogP contribution in [0.4, 0.5) is 0 Å². The van der Waals surface area contributed by atoms with Gasteiger partial charge < -0.3 is 34.2 Å².